The molecule has 2 saturated carbocycles. The van der Waals surface area contributed by atoms with Crippen molar-refractivity contribution in [3.63, 3.8) is 0 Å². The van der Waals surface area contributed by atoms with Crippen LogP contribution in [-0.2, 0) is 9.53 Å². The second-order valence-corrected chi connectivity index (χ2v) is 7.76. The summed E-state index contributed by atoms with van der Waals surface area (Å²) in [6.07, 6.45) is 2.97. The Morgan fingerprint density at radius 2 is 2.12 bits per heavy atom. The van der Waals surface area contributed by atoms with Crippen LogP contribution in [0.4, 0.5) is 4.39 Å². The highest BCUT2D eigenvalue weighted by atomic mass is 19.1. The molecule has 2 aliphatic carbocycles. The smallest absolute Gasteiger partial charge is 0.226 e. The number of hydrogen-bond acceptors (Lipinski definition) is 3. The lowest BCUT2D eigenvalue weighted by Gasteiger charge is -2.56. The quantitative estimate of drug-likeness (QED) is 0.911. The van der Waals surface area contributed by atoms with Crippen LogP contribution in [0, 0.1) is 17.2 Å². The van der Waals surface area contributed by atoms with Gasteiger partial charge in [0.2, 0.25) is 5.91 Å². The minimum Gasteiger partial charge on any atom is -0.392 e. The molecule has 1 aliphatic heterocycles. The Morgan fingerprint density at radius 3 is 2.76 bits per heavy atom. The van der Waals surface area contributed by atoms with Crippen LogP contribution in [0.2, 0.25) is 0 Å². The molecule has 1 aromatic carbocycles. The molecule has 1 saturated heterocycles. The van der Waals surface area contributed by atoms with Crippen molar-refractivity contribution in [2.75, 3.05) is 19.7 Å². The zero-order valence-corrected chi connectivity index (χ0v) is 14.7. The SMILES string of the molecule is CCOC1CC(O)C12CCN(C(=O)C1CC1c1cccc(F)c1)CC2. The van der Waals surface area contributed by atoms with E-state index < -0.39 is 0 Å². The molecule has 1 heterocycles. The van der Waals surface area contributed by atoms with Crippen molar-refractivity contribution in [3.05, 3.63) is 35.6 Å². The molecule has 0 bridgehead atoms. The van der Waals surface area contributed by atoms with Crippen LogP contribution in [-0.4, -0.2) is 47.8 Å². The van der Waals surface area contributed by atoms with E-state index in [-0.39, 0.29) is 41.2 Å². The van der Waals surface area contributed by atoms with Crippen molar-refractivity contribution in [3.8, 4) is 0 Å². The predicted octanol–water partition coefficient (Wildman–Crippen LogP) is 2.71. The fourth-order valence-corrected chi connectivity index (χ4v) is 4.77. The summed E-state index contributed by atoms with van der Waals surface area (Å²) in [5.41, 5.74) is 0.774. The van der Waals surface area contributed by atoms with E-state index in [1.54, 1.807) is 12.1 Å². The number of piperidine rings is 1. The number of aliphatic hydroxyl groups is 1. The van der Waals surface area contributed by atoms with Gasteiger partial charge in [-0.3, -0.25) is 4.79 Å². The summed E-state index contributed by atoms with van der Waals surface area (Å²) in [4.78, 5) is 14.7. The van der Waals surface area contributed by atoms with E-state index in [1.807, 2.05) is 17.9 Å². The van der Waals surface area contributed by atoms with Gasteiger partial charge in [-0.25, -0.2) is 4.39 Å². The van der Waals surface area contributed by atoms with Crippen LogP contribution in [0.25, 0.3) is 0 Å². The summed E-state index contributed by atoms with van der Waals surface area (Å²) in [7, 11) is 0. The molecule has 136 valence electrons. The Morgan fingerprint density at radius 1 is 1.36 bits per heavy atom. The first kappa shape index (κ1) is 17.0. The maximum atomic E-state index is 13.4. The van der Waals surface area contributed by atoms with Gasteiger partial charge in [-0.15, -0.1) is 0 Å². The van der Waals surface area contributed by atoms with Crippen molar-refractivity contribution >= 4 is 5.91 Å². The number of rotatable bonds is 4. The molecular weight excluding hydrogens is 321 g/mol. The molecule has 4 rings (SSSR count). The van der Waals surface area contributed by atoms with Gasteiger partial charge in [0.25, 0.3) is 0 Å². The third-order valence-corrected chi connectivity index (χ3v) is 6.50. The second-order valence-electron chi connectivity index (χ2n) is 7.76. The van der Waals surface area contributed by atoms with Crippen LogP contribution < -0.4 is 0 Å². The number of benzene rings is 1. The lowest BCUT2D eigenvalue weighted by molar-refractivity contribution is -0.210. The number of amides is 1. The van der Waals surface area contributed by atoms with Crippen LogP contribution >= 0.6 is 0 Å². The standard InChI is InChI=1S/C20H26FNO3/c1-2-25-18-12-17(23)20(18)6-8-22(9-7-20)19(24)16-11-15(16)13-4-3-5-14(21)10-13/h3-5,10,15-18,23H,2,6-9,11-12H2,1H3. The second kappa shape index (κ2) is 6.36. The number of carbonyl (C=O) groups is 1. The summed E-state index contributed by atoms with van der Waals surface area (Å²) in [6.45, 7) is 4.02. The summed E-state index contributed by atoms with van der Waals surface area (Å²) in [5, 5.41) is 10.3. The third-order valence-electron chi connectivity index (χ3n) is 6.50. The average Bonchev–Trinajstić information content (AvgIpc) is 3.42. The monoisotopic (exact) mass is 347 g/mol. The van der Waals surface area contributed by atoms with E-state index in [9.17, 15) is 14.3 Å². The van der Waals surface area contributed by atoms with E-state index in [4.69, 9.17) is 4.74 Å². The highest BCUT2D eigenvalue weighted by molar-refractivity contribution is 5.83. The number of halogens is 1. The number of aliphatic hydroxyl groups excluding tert-OH is 1. The van der Waals surface area contributed by atoms with Gasteiger partial charge < -0.3 is 14.7 Å². The van der Waals surface area contributed by atoms with Gasteiger partial charge in [0.15, 0.2) is 0 Å². The molecule has 3 aliphatic rings. The molecule has 1 amide bonds. The summed E-state index contributed by atoms with van der Waals surface area (Å²) in [5.74, 6) is 0.0942. The first-order chi connectivity index (χ1) is 12.0. The minimum atomic E-state index is -0.303. The Labute approximate surface area is 148 Å². The number of ether oxygens (including phenoxy) is 1. The third kappa shape index (κ3) is 2.87. The molecular formula is C20H26FNO3. The molecule has 3 fully saturated rings. The van der Waals surface area contributed by atoms with Crippen LogP contribution in [0.3, 0.4) is 0 Å². The average molecular weight is 347 g/mol. The Bertz CT molecular complexity index is 654. The van der Waals surface area contributed by atoms with Gasteiger partial charge in [0.05, 0.1) is 12.2 Å². The molecule has 0 aromatic heterocycles. The van der Waals surface area contributed by atoms with Gasteiger partial charge in [-0.2, -0.15) is 0 Å². The van der Waals surface area contributed by atoms with Gasteiger partial charge in [0, 0.05) is 37.5 Å². The topological polar surface area (TPSA) is 49.8 Å². The first-order valence-corrected chi connectivity index (χ1v) is 9.39. The van der Waals surface area contributed by atoms with E-state index in [2.05, 4.69) is 0 Å². The Kier molecular flexibility index (Phi) is 4.32. The van der Waals surface area contributed by atoms with Crippen molar-refractivity contribution in [2.45, 2.75) is 50.7 Å². The Hall–Kier alpha value is -1.46. The van der Waals surface area contributed by atoms with Gasteiger partial charge in [-0.05, 0) is 49.8 Å². The van der Waals surface area contributed by atoms with E-state index in [0.29, 0.717) is 26.1 Å². The van der Waals surface area contributed by atoms with Crippen molar-refractivity contribution in [1.29, 1.82) is 0 Å². The maximum absolute atomic E-state index is 13.4. The van der Waals surface area contributed by atoms with Crippen LogP contribution in [0.1, 0.15) is 44.1 Å². The summed E-state index contributed by atoms with van der Waals surface area (Å²) < 4.78 is 19.2. The highest BCUT2D eigenvalue weighted by Crippen LogP contribution is 2.53. The molecule has 4 unspecified atom stereocenters. The molecule has 5 heteroatoms. The van der Waals surface area contributed by atoms with E-state index in [1.165, 1.54) is 6.07 Å². The normalized spacial score (nSPS) is 33.2. The van der Waals surface area contributed by atoms with Crippen LogP contribution in [0.15, 0.2) is 24.3 Å². The molecule has 1 N–H and O–H groups in total. The molecule has 25 heavy (non-hydrogen) atoms. The minimum absolute atomic E-state index is 0.00940. The fraction of sp³-hybridized carbons (Fsp3) is 0.650. The number of nitrogens with zero attached hydrogens (tertiary/aromatic N) is 1. The summed E-state index contributed by atoms with van der Waals surface area (Å²) in [6, 6.07) is 6.59. The molecule has 0 radical (unpaired) electrons. The molecule has 4 nitrogen and oxygen atoms in total. The number of likely N-dealkylation sites (tertiary alicyclic amines) is 1. The van der Waals surface area contributed by atoms with Crippen LogP contribution in [0.5, 0.6) is 0 Å². The van der Waals surface area contributed by atoms with Gasteiger partial charge in [-0.1, -0.05) is 12.1 Å². The van der Waals surface area contributed by atoms with E-state index >= 15 is 0 Å². The predicted molar refractivity (Wildman–Crippen MR) is 91.5 cm³/mol. The fourth-order valence-electron chi connectivity index (χ4n) is 4.77. The summed E-state index contributed by atoms with van der Waals surface area (Å²) >= 11 is 0. The molecule has 4 atom stereocenters. The largest absolute Gasteiger partial charge is 0.392 e. The Balaban J connectivity index is 1.35. The van der Waals surface area contributed by atoms with Crippen molar-refractivity contribution < 1.29 is 19.0 Å². The number of carbonyl (C=O) groups excluding carboxylic acids is 1. The number of hydrogen-bond donors (Lipinski definition) is 1. The zero-order chi connectivity index (χ0) is 17.6. The van der Waals surface area contributed by atoms with Gasteiger partial charge >= 0.3 is 0 Å². The lowest BCUT2D eigenvalue weighted by atomic mass is 9.58. The maximum Gasteiger partial charge on any atom is 0.226 e. The van der Waals surface area contributed by atoms with E-state index in [0.717, 1.165) is 24.8 Å². The molecule has 1 spiro atoms. The van der Waals surface area contributed by atoms with Gasteiger partial charge in [0.1, 0.15) is 5.82 Å². The lowest BCUT2D eigenvalue weighted by Crippen LogP contribution is -2.62. The van der Waals surface area contributed by atoms with Crippen molar-refractivity contribution in [1.82, 2.24) is 4.90 Å². The first-order valence-electron chi connectivity index (χ1n) is 9.39. The molecule has 1 aromatic rings. The highest BCUT2D eigenvalue weighted by Gasteiger charge is 2.57. The van der Waals surface area contributed by atoms with Crippen molar-refractivity contribution in [2.24, 2.45) is 11.3 Å². The zero-order valence-electron chi connectivity index (χ0n) is 14.7.